The van der Waals surface area contributed by atoms with E-state index in [0.717, 1.165) is 22.3 Å². The Bertz CT molecular complexity index is 1640. The summed E-state index contributed by atoms with van der Waals surface area (Å²) in [7, 11) is 0.696. The van der Waals surface area contributed by atoms with Crippen molar-refractivity contribution in [3.05, 3.63) is 58.2 Å². The Morgan fingerprint density at radius 2 is 1.81 bits per heavy atom. The Morgan fingerprint density at radius 1 is 1.11 bits per heavy atom. The number of aryl methyl sites for hydroxylation is 1. The topological polar surface area (TPSA) is 143 Å². The summed E-state index contributed by atoms with van der Waals surface area (Å²) in [5.74, 6) is 1.33. The number of amides is 1. The minimum Gasteiger partial charge on any atom is -0.496 e. The molecule has 2 aromatic carbocycles. The second-order valence-electron chi connectivity index (χ2n) is 14.9. The number of rotatable bonds is 16. The molecule has 4 unspecified atom stereocenters. The Hall–Kier alpha value is -3.82. The Morgan fingerprint density at radius 3 is 2.42 bits per heavy atom. The lowest BCUT2D eigenvalue weighted by molar-refractivity contribution is -0.146. The highest BCUT2D eigenvalue weighted by molar-refractivity contribution is 6.74. The smallest absolute Gasteiger partial charge is 0.410 e. The Labute approximate surface area is 314 Å². The van der Waals surface area contributed by atoms with E-state index >= 15 is 0 Å². The van der Waals surface area contributed by atoms with Crippen LogP contribution in [0.15, 0.2) is 24.8 Å². The highest BCUT2D eigenvalue weighted by atomic mass is 28.4. The first kappa shape index (κ1) is 41.9. The van der Waals surface area contributed by atoms with Crippen molar-refractivity contribution >= 4 is 20.4 Å². The van der Waals surface area contributed by atoms with Crippen molar-refractivity contribution in [3.8, 4) is 23.0 Å². The van der Waals surface area contributed by atoms with Gasteiger partial charge >= 0.3 is 12.1 Å². The van der Waals surface area contributed by atoms with Gasteiger partial charge in [0.25, 0.3) is 0 Å². The van der Waals surface area contributed by atoms with Crippen LogP contribution in [0.3, 0.4) is 0 Å². The number of carbonyl (C=O) groups excluding carboxylic acids is 2. The zero-order valence-electron chi connectivity index (χ0n) is 33.2. The maximum atomic E-state index is 14.2. The summed E-state index contributed by atoms with van der Waals surface area (Å²) in [5.41, 5.74) is 4.58. The van der Waals surface area contributed by atoms with Crippen molar-refractivity contribution in [2.24, 2.45) is 0 Å². The molecule has 0 bridgehead atoms. The van der Waals surface area contributed by atoms with Gasteiger partial charge in [-0.05, 0) is 80.6 Å². The molecule has 2 aliphatic heterocycles. The lowest BCUT2D eigenvalue weighted by Gasteiger charge is -2.47. The number of hydrogen-bond donors (Lipinski definition) is 2. The average Bonchev–Trinajstić information content (AvgIpc) is 3.60. The van der Waals surface area contributed by atoms with Crippen LogP contribution in [0.4, 0.5) is 4.79 Å². The molecule has 0 spiro atoms. The van der Waals surface area contributed by atoms with Gasteiger partial charge in [0, 0.05) is 18.2 Å². The number of benzene rings is 2. The summed E-state index contributed by atoms with van der Waals surface area (Å²) in [6.45, 7) is 21.7. The maximum Gasteiger partial charge on any atom is 0.410 e. The maximum absolute atomic E-state index is 14.2. The van der Waals surface area contributed by atoms with E-state index in [1.165, 1.54) is 13.2 Å². The number of nitrogens with one attached hydrogen (secondary N) is 1. The predicted octanol–water partition coefficient (Wildman–Crippen LogP) is 6.20. The number of carbonyl (C=O) groups is 2. The summed E-state index contributed by atoms with van der Waals surface area (Å²) >= 11 is 0. The highest BCUT2D eigenvalue weighted by Gasteiger charge is 2.47. The van der Waals surface area contributed by atoms with Crippen molar-refractivity contribution in [1.82, 2.24) is 10.2 Å². The average molecular weight is 759 g/mol. The fourth-order valence-electron chi connectivity index (χ4n) is 6.85. The molecule has 2 heterocycles. The largest absolute Gasteiger partial charge is 0.496 e. The molecule has 4 atom stereocenters. The van der Waals surface area contributed by atoms with Crippen molar-refractivity contribution in [1.29, 1.82) is 0 Å². The molecule has 2 aromatic rings. The van der Waals surface area contributed by atoms with E-state index in [-0.39, 0.29) is 45.1 Å². The summed E-state index contributed by atoms with van der Waals surface area (Å²) in [4.78, 5) is 29.9. The van der Waals surface area contributed by atoms with Gasteiger partial charge in [-0.1, -0.05) is 39.5 Å². The molecular weight excluding hydrogens is 701 g/mol. The third-order valence-corrected chi connectivity index (χ3v) is 15.0. The molecule has 2 aliphatic rings. The standard InChI is InChI=1S/C39H58N2O11Si/c1-13-15-48-38(44)41-27(19-42)17-26-16-23(3)34(46-10)25(5)31(26)33(41)29(20-52-53(11,12)39(6,7)8)40-32(37(43)47-14-2)28-18-30(49-21-45-9)24(4)35-36(28)51-22-50-35/h13,16,18,27,29,32-33,40,42H,1,14-15,17,19-22H2,2-12H3. The molecule has 53 heavy (non-hydrogen) atoms. The number of aliphatic hydroxyl groups excluding tert-OH is 1. The van der Waals surface area contributed by atoms with E-state index in [1.807, 2.05) is 26.8 Å². The Balaban J connectivity index is 2.02. The van der Waals surface area contributed by atoms with Gasteiger partial charge in [0.05, 0.1) is 45.1 Å². The van der Waals surface area contributed by atoms with Crippen molar-refractivity contribution < 1.29 is 52.3 Å². The third kappa shape index (κ3) is 8.78. The van der Waals surface area contributed by atoms with Crippen LogP contribution in [0.1, 0.15) is 73.2 Å². The number of fused-ring (bicyclic) bond motifs is 2. The van der Waals surface area contributed by atoms with E-state index in [2.05, 4.69) is 45.8 Å². The van der Waals surface area contributed by atoms with Crippen LogP contribution in [-0.4, -0.2) is 96.7 Å². The van der Waals surface area contributed by atoms with Crippen LogP contribution < -0.4 is 24.3 Å². The van der Waals surface area contributed by atoms with Crippen LogP contribution in [0.25, 0.3) is 0 Å². The lowest BCUT2D eigenvalue weighted by Crippen LogP contribution is -2.58. The van der Waals surface area contributed by atoms with Gasteiger partial charge in [-0.25, -0.2) is 9.59 Å². The molecule has 0 saturated carbocycles. The monoisotopic (exact) mass is 758 g/mol. The molecule has 14 heteroatoms. The van der Waals surface area contributed by atoms with Crippen molar-refractivity contribution in [3.63, 3.8) is 0 Å². The minimum absolute atomic E-state index is 0.0373. The fourth-order valence-corrected chi connectivity index (χ4v) is 7.88. The summed E-state index contributed by atoms with van der Waals surface area (Å²) in [6, 6.07) is 0.349. The number of ether oxygens (including phenoxy) is 7. The molecule has 0 radical (unpaired) electrons. The van der Waals surface area contributed by atoms with Crippen LogP contribution >= 0.6 is 0 Å². The molecule has 0 fully saturated rings. The summed E-state index contributed by atoms with van der Waals surface area (Å²) in [6.07, 6.45) is 1.21. The number of nitrogens with zero attached hydrogens (tertiary/aromatic N) is 1. The number of methoxy groups -OCH3 is 2. The molecular formula is C39H58N2O11Si. The predicted molar refractivity (Wildman–Crippen MR) is 202 cm³/mol. The Kier molecular flexibility index (Phi) is 13.9. The van der Waals surface area contributed by atoms with E-state index in [9.17, 15) is 14.7 Å². The van der Waals surface area contributed by atoms with Gasteiger partial charge in [-0.3, -0.25) is 10.2 Å². The molecule has 294 valence electrons. The number of esters is 1. The quantitative estimate of drug-likeness (QED) is 0.0871. The summed E-state index contributed by atoms with van der Waals surface area (Å²) < 4.78 is 47.2. The van der Waals surface area contributed by atoms with E-state index < -0.39 is 44.5 Å². The third-order valence-electron chi connectivity index (χ3n) is 10.5. The van der Waals surface area contributed by atoms with Crippen LogP contribution in [0.2, 0.25) is 18.1 Å². The van der Waals surface area contributed by atoms with Gasteiger partial charge in [0.2, 0.25) is 6.79 Å². The first-order chi connectivity index (χ1) is 25.1. The molecule has 4 rings (SSSR count). The molecule has 1 amide bonds. The first-order valence-electron chi connectivity index (χ1n) is 18.0. The SMILES string of the molecule is C=CCOC(=O)N1C(CO)Cc2cc(C)c(OC)c(C)c2C1C(CO[Si](C)(C)C(C)(C)C)NC(C(=O)OCC)c1cc(OCOC)c(C)c2c1OCO2. The van der Waals surface area contributed by atoms with Crippen LogP contribution in [0.5, 0.6) is 23.0 Å². The molecule has 0 aromatic heterocycles. The van der Waals surface area contributed by atoms with Gasteiger partial charge in [0.15, 0.2) is 26.6 Å². The van der Waals surface area contributed by atoms with Crippen LogP contribution in [-0.2, 0) is 29.9 Å². The number of hydrogen-bond acceptors (Lipinski definition) is 12. The molecule has 0 saturated heterocycles. The van der Waals surface area contributed by atoms with Gasteiger partial charge in [-0.2, -0.15) is 0 Å². The fraction of sp³-hybridized carbons (Fsp3) is 0.590. The minimum atomic E-state index is -2.44. The van der Waals surface area contributed by atoms with Crippen molar-refractivity contribution in [2.45, 2.75) is 97.2 Å². The van der Waals surface area contributed by atoms with Gasteiger partial charge < -0.3 is 42.7 Å². The first-order valence-corrected chi connectivity index (χ1v) is 20.9. The van der Waals surface area contributed by atoms with Gasteiger partial charge in [-0.15, -0.1) is 0 Å². The molecule has 2 N–H and O–H groups in total. The van der Waals surface area contributed by atoms with Crippen LogP contribution in [0, 0.1) is 20.8 Å². The zero-order chi connectivity index (χ0) is 39.2. The van der Waals surface area contributed by atoms with E-state index in [0.29, 0.717) is 40.5 Å². The van der Waals surface area contributed by atoms with Crippen molar-refractivity contribution in [2.75, 3.05) is 54.2 Å². The second kappa shape index (κ2) is 17.5. The zero-order valence-corrected chi connectivity index (χ0v) is 34.2. The van der Waals surface area contributed by atoms with E-state index in [4.69, 9.17) is 37.6 Å². The normalized spacial score (nSPS) is 17.8. The second-order valence-corrected chi connectivity index (χ2v) is 19.7. The lowest BCUT2D eigenvalue weighted by atomic mass is 9.81. The van der Waals surface area contributed by atoms with Gasteiger partial charge in [0.1, 0.15) is 24.1 Å². The highest BCUT2D eigenvalue weighted by Crippen LogP contribution is 2.48. The molecule has 13 nitrogen and oxygen atoms in total. The molecule has 0 aliphatic carbocycles. The number of aliphatic hydroxyl groups is 1. The van der Waals surface area contributed by atoms with E-state index in [1.54, 1.807) is 25.0 Å². The summed E-state index contributed by atoms with van der Waals surface area (Å²) in [5, 5.41) is 14.3.